The number of carbonyl (C=O) groups excluding carboxylic acids is 3. The summed E-state index contributed by atoms with van der Waals surface area (Å²) in [6, 6.07) is 20.8. The number of halogens is 1. The van der Waals surface area contributed by atoms with Gasteiger partial charge in [0.25, 0.3) is 5.91 Å². The van der Waals surface area contributed by atoms with Crippen molar-refractivity contribution in [1.29, 1.82) is 5.41 Å². The van der Waals surface area contributed by atoms with Gasteiger partial charge in [-0.25, -0.2) is 9.97 Å². The first kappa shape index (κ1) is 35.9. The zero-order chi connectivity index (χ0) is 37.9. The van der Waals surface area contributed by atoms with Gasteiger partial charge in [0.15, 0.2) is 0 Å². The molecule has 0 aliphatic carbocycles. The third kappa shape index (κ3) is 7.93. The highest BCUT2D eigenvalue weighted by Crippen LogP contribution is 2.34. The van der Waals surface area contributed by atoms with E-state index in [1.807, 2.05) is 42.6 Å². The molecule has 0 radical (unpaired) electrons. The predicted octanol–water partition coefficient (Wildman–Crippen LogP) is 5.68. The molecule has 1 unspecified atom stereocenters. The Balaban J connectivity index is 0.835. The maximum Gasteiger partial charge on any atom is 0.255 e. The van der Waals surface area contributed by atoms with Gasteiger partial charge in [-0.2, -0.15) is 4.98 Å². The number of hydrogen-bond donors (Lipinski definition) is 5. The lowest BCUT2D eigenvalue weighted by molar-refractivity contribution is -0.136. The molecule has 2 aromatic heterocycles. The van der Waals surface area contributed by atoms with Gasteiger partial charge in [0.2, 0.25) is 17.8 Å². The summed E-state index contributed by atoms with van der Waals surface area (Å²) in [7, 11) is 0. The Morgan fingerprint density at radius 3 is 2.56 bits per heavy atom. The van der Waals surface area contributed by atoms with Crippen LogP contribution in [0.4, 0.5) is 23.1 Å². The highest BCUT2D eigenvalue weighted by Gasteiger charge is 2.40. The molecule has 15 heteroatoms. The van der Waals surface area contributed by atoms with E-state index in [1.54, 1.807) is 30.6 Å². The molecule has 3 aliphatic heterocycles. The molecule has 0 saturated carbocycles. The Kier molecular flexibility index (Phi) is 10.3. The van der Waals surface area contributed by atoms with Crippen LogP contribution in [0.2, 0.25) is 0 Å². The van der Waals surface area contributed by atoms with E-state index in [-0.39, 0.29) is 24.8 Å². The first-order chi connectivity index (χ1) is 26.8. The number of para-hydroxylation sites is 1. The lowest BCUT2D eigenvalue weighted by Crippen LogP contribution is -2.52. The molecule has 2 saturated heterocycles. The Morgan fingerprint density at radius 1 is 0.945 bits per heavy atom. The van der Waals surface area contributed by atoms with E-state index < -0.39 is 11.9 Å². The maximum atomic E-state index is 13.2. The fraction of sp³-hybridized carbons (Fsp3) is 0.250. The van der Waals surface area contributed by atoms with Gasteiger partial charge in [-0.05, 0) is 83.2 Å². The van der Waals surface area contributed by atoms with Gasteiger partial charge in [0.1, 0.15) is 17.4 Å². The molecule has 3 aromatic carbocycles. The van der Waals surface area contributed by atoms with Crippen LogP contribution >= 0.6 is 15.9 Å². The Morgan fingerprint density at radius 2 is 1.76 bits per heavy atom. The van der Waals surface area contributed by atoms with E-state index in [2.05, 4.69) is 69.2 Å². The molecule has 1 atom stereocenters. The van der Waals surface area contributed by atoms with Crippen molar-refractivity contribution in [2.45, 2.75) is 50.9 Å². The van der Waals surface area contributed by atoms with Crippen molar-refractivity contribution in [3.05, 3.63) is 112 Å². The van der Waals surface area contributed by atoms with E-state index in [0.717, 1.165) is 59.2 Å². The molecular weight excluding hydrogens is 762 g/mol. The van der Waals surface area contributed by atoms with Crippen LogP contribution in [0, 0.1) is 5.41 Å². The van der Waals surface area contributed by atoms with Crippen LogP contribution in [0.5, 0.6) is 0 Å². The van der Waals surface area contributed by atoms with Crippen molar-refractivity contribution in [1.82, 2.24) is 40.4 Å². The lowest BCUT2D eigenvalue weighted by Gasteiger charge is -2.32. The summed E-state index contributed by atoms with van der Waals surface area (Å²) in [4.78, 5) is 59.7. The summed E-state index contributed by atoms with van der Waals surface area (Å²) < 4.78 is 0.874. The summed E-state index contributed by atoms with van der Waals surface area (Å²) >= 11 is 3.55. The van der Waals surface area contributed by atoms with Crippen LogP contribution in [0.25, 0.3) is 16.6 Å². The molecule has 278 valence electrons. The average molecular weight is 801 g/mol. The summed E-state index contributed by atoms with van der Waals surface area (Å²) in [5, 5.41) is 20.4. The highest BCUT2D eigenvalue weighted by atomic mass is 79.9. The number of nitrogens with zero attached hydrogens (tertiary/aromatic N) is 6. The second-order valence-corrected chi connectivity index (χ2v) is 14.6. The first-order valence-corrected chi connectivity index (χ1v) is 18.9. The van der Waals surface area contributed by atoms with E-state index in [9.17, 15) is 14.4 Å². The zero-order valence-electron chi connectivity index (χ0n) is 29.8. The number of fused-ring (bicyclic) bond motifs is 2. The van der Waals surface area contributed by atoms with Gasteiger partial charge in [-0.1, -0.05) is 24.3 Å². The molecule has 3 amide bonds. The van der Waals surface area contributed by atoms with Gasteiger partial charge in [0.05, 0.1) is 17.4 Å². The molecule has 5 N–H and O–H groups in total. The van der Waals surface area contributed by atoms with Crippen LogP contribution in [0.1, 0.15) is 52.9 Å². The second kappa shape index (κ2) is 15.7. The molecule has 55 heavy (non-hydrogen) atoms. The fourth-order valence-corrected chi connectivity index (χ4v) is 7.65. The number of carbonyl (C=O) groups is 3. The molecule has 3 aliphatic rings. The van der Waals surface area contributed by atoms with Crippen molar-refractivity contribution in [3.8, 4) is 0 Å². The zero-order valence-corrected chi connectivity index (χ0v) is 31.3. The van der Waals surface area contributed by atoms with Crippen molar-refractivity contribution >= 4 is 79.6 Å². The SMILES string of the molecule is N=C/C(=C\NC1CCN(Cc2ccc(Nc3nccc(Nc4cccc5c4CN(C4CCC(=O)NC4=O)C5=O)n3)cc2)CC1)c1cnc2cccc(Br)c2n1. The number of anilines is 4. The number of likely N-dealkylation sites (tertiary alicyclic amines) is 1. The summed E-state index contributed by atoms with van der Waals surface area (Å²) in [6.45, 7) is 3.01. The quantitative estimate of drug-likeness (QED) is 0.0820. The minimum absolute atomic E-state index is 0.204. The lowest BCUT2D eigenvalue weighted by atomic mass is 10.0. The minimum atomic E-state index is -0.682. The monoisotopic (exact) mass is 799 g/mol. The molecule has 14 nitrogen and oxygen atoms in total. The minimum Gasteiger partial charge on any atom is -0.387 e. The normalized spacial score (nSPS) is 17.9. The van der Waals surface area contributed by atoms with Crippen molar-refractivity contribution < 1.29 is 14.4 Å². The molecule has 0 bridgehead atoms. The largest absolute Gasteiger partial charge is 0.387 e. The van der Waals surface area contributed by atoms with E-state index in [4.69, 9.17) is 10.4 Å². The fourth-order valence-electron chi connectivity index (χ4n) is 7.20. The van der Waals surface area contributed by atoms with Crippen LogP contribution < -0.4 is 21.3 Å². The van der Waals surface area contributed by atoms with Crippen LogP contribution in [-0.2, 0) is 22.7 Å². The summed E-state index contributed by atoms with van der Waals surface area (Å²) in [5.41, 5.74) is 6.99. The molecular formula is C40H38BrN11O3. The van der Waals surface area contributed by atoms with Crippen LogP contribution in [0.15, 0.2) is 89.8 Å². The number of imide groups is 1. The second-order valence-electron chi connectivity index (χ2n) is 13.8. The van der Waals surface area contributed by atoms with Crippen LogP contribution in [0.3, 0.4) is 0 Å². The number of rotatable bonds is 11. The number of hydrogen-bond acceptors (Lipinski definition) is 12. The molecule has 0 spiro atoms. The molecule has 8 rings (SSSR count). The van der Waals surface area contributed by atoms with Crippen molar-refractivity contribution in [3.63, 3.8) is 0 Å². The molecule has 5 aromatic rings. The van der Waals surface area contributed by atoms with Crippen molar-refractivity contribution in [2.24, 2.45) is 0 Å². The Labute approximate surface area is 325 Å². The van der Waals surface area contributed by atoms with Gasteiger partial charge in [-0.15, -0.1) is 0 Å². The summed E-state index contributed by atoms with van der Waals surface area (Å²) in [6.07, 6.45) is 9.05. The molecule has 5 heterocycles. The van der Waals surface area contributed by atoms with Gasteiger partial charge >= 0.3 is 0 Å². The number of piperidine rings is 2. The maximum absolute atomic E-state index is 13.2. The topological polar surface area (TPSA) is 181 Å². The standard InChI is InChI=1S/C40H38BrN11O3/c41-30-4-2-6-32-37(30)48-33(21-45-32)25(19-42)20-44-26-14-17-51(18-15-26)22-24-7-9-27(10-8-24)46-40-43-16-13-35(49-40)47-31-5-1-3-28-29(31)23-52(39(28)55)34-11-12-36(53)50-38(34)54/h1-10,13,16,19-21,26,34,42,44H,11-12,14-15,17-18,22-23H2,(H,50,53,54)(H2,43,46,47,49)/b25-20+,42-19?. The van der Waals surface area contributed by atoms with E-state index in [0.29, 0.717) is 46.7 Å². The number of benzene rings is 3. The highest BCUT2D eigenvalue weighted by molar-refractivity contribution is 9.10. The smallest absolute Gasteiger partial charge is 0.255 e. The van der Waals surface area contributed by atoms with E-state index >= 15 is 0 Å². The van der Waals surface area contributed by atoms with E-state index in [1.165, 1.54) is 16.7 Å². The van der Waals surface area contributed by atoms with Crippen LogP contribution in [-0.4, -0.2) is 78.8 Å². The Hall–Kier alpha value is -6.06. The molecule has 2 fully saturated rings. The van der Waals surface area contributed by atoms with Crippen molar-refractivity contribution in [2.75, 3.05) is 23.7 Å². The van der Waals surface area contributed by atoms with Gasteiger partial charge < -0.3 is 26.3 Å². The number of aromatic nitrogens is 4. The average Bonchev–Trinajstić information content (AvgIpc) is 3.53. The third-order valence-electron chi connectivity index (χ3n) is 10.2. The number of amides is 3. The summed E-state index contributed by atoms with van der Waals surface area (Å²) in [5.74, 6) is -0.0155. The Bertz CT molecular complexity index is 2330. The third-order valence-corrected chi connectivity index (χ3v) is 10.8. The van der Waals surface area contributed by atoms with Gasteiger partial charge in [-0.3, -0.25) is 29.6 Å². The number of nitrogens with one attached hydrogen (secondary N) is 5. The number of allylic oxidation sites excluding steroid dienone is 1. The van der Waals surface area contributed by atoms with Gasteiger partial charge in [0, 0.05) is 89.8 Å². The predicted molar refractivity (Wildman–Crippen MR) is 213 cm³/mol. The first-order valence-electron chi connectivity index (χ1n) is 18.1.